The molecule has 6 nitrogen and oxygen atoms in total. The number of carbonyl (C=O) groups excluding carboxylic acids is 2. The van der Waals surface area contributed by atoms with E-state index in [1.165, 1.54) is 11.1 Å². The number of nitrogens with two attached hydrogens (primary N) is 1. The van der Waals surface area contributed by atoms with E-state index in [4.69, 9.17) is 5.73 Å². The van der Waals surface area contributed by atoms with Gasteiger partial charge in [0.25, 0.3) is 0 Å². The molecule has 2 aliphatic rings. The van der Waals surface area contributed by atoms with Crippen molar-refractivity contribution >= 4 is 22.7 Å². The van der Waals surface area contributed by atoms with Crippen molar-refractivity contribution in [3.8, 4) is 0 Å². The molecule has 1 spiro atoms. The van der Waals surface area contributed by atoms with E-state index in [2.05, 4.69) is 34.6 Å². The molecular formula is C28H34N4O2. The summed E-state index contributed by atoms with van der Waals surface area (Å²) in [6.45, 7) is 4.79. The van der Waals surface area contributed by atoms with Crippen molar-refractivity contribution in [3.05, 3.63) is 71.4 Å². The fraction of sp³-hybridized carbons (Fsp3) is 0.429. The van der Waals surface area contributed by atoms with Crippen LogP contribution in [0, 0.1) is 5.41 Å². The SMILES string of the molecule is CC(C)(N)C(=O)N[C@H](Cc1c[nH]c2ccccc12)C(=O)N1CCCC2(Cc3ccccc3C2)C1. The Balaban J connectivity index is 1.39. The number of fused-ring (bicyclic) bond motifs is 2. The summed E-state index contributed by atoms with van der Waals surface area (Å²) in [5.74, 6) is -0.330. The number of amides is 2. The summed E-state index contributed by atoms with van der Waals surface area (Å²) in [4.78, 5) is 32.0. The number of aromatic nitrogens is 1. The van der Waals surface area contributed by atoms with E-state index in [9.17, 15) is 9.59 Å². The second-order valence-corrected chi connectivity index (χ2v) is 10.8. The number of nitrogens with one attached hydrogen (secondary N) is 2. The molecule has 1 fully saturated rings. The Kier molecular flexibility index (Phi) is 5.72. The van der Waals surface area contributed by atoms with Gasteiger partial charge in [0.15, 0.2) is 0 Å². The third-order valence-electron chi connectivity index (χ3n) is 7.51. The first kappa shape index (κ1) is 22.7. The lowest BCUT2D eigenvalue weighted by atomic mass is 9.77. The number of benzene rings is 2. The lowest BCUT2D eigenvalue weighted by Crippen LogP contribution is -2.58. The molecular weight excluding hydrogens is 424 g/mol. The van der Waals surface area contributed by atoms with Gasteiger partial charge in [-0.1, -0.05) is 42.5 Å². The van der Waals surface area contributed by atoms with Gasteiger partial charge >= 0.3 is 0 Å². The van der Waals surface area contributed by atoms with Gasteiger partial charge in [-0.2, -0.15) is 0 Å². The first-order valence-electron chi connectivity index (χ1n) is 12.2. The number of para-hydroxylation sites is 1. The maximum atomic E-state index is 13.9. The molecule has 2 amide bonds. The third-order valence-corrected chi connectivity index (χ3v) is 7.51. The number of H-pyrrole nitrogens is 1. The summed E-state index contributed by atoms with van der Waals surface area (Å²) >= 11 is 0. The van der Waals surface area contributed by atoms with E-state index in [-0.39, 0.29) is 17.2 Å². The second-order valence-electron chi connectivity index (χ2n) is 10.8. The topological polar surface area (TPSA) is 91.2 Å². The molecule has 1 aliphatic heterocycles. The van der Waals surface area contributed by atoms with Crippen molar-refractivity contribution in [2.24, 2.45) is 11.1 Å². The number of rotatable bonds is 5. The Hall–Kier alpha value is -3.12. The molecule has 0 saturated carbocycles. The first-order valence-corrected chi connectivity index (χ1v) is 12.2. The molecule has 3 aromatic rings. The number of carbonyl (C=O) groups is 2. The number of nitrogens with zero attached hydrogens (tertiary/aromatic N) is 1. The molecule has 2 heterocycles. The van der Waals surface area contributed by atoms with Crippen LogP contribution in [0.15, 0.2) is 54.7 Å². The molecule has 0 bridgehead atoms. The van der Waals surface area contributed by atoms with Crippen LogP contribution in [-0.2, 0) is 28.9 Å². The van der Waals surface area contributed by atoms with Gasteiger partial charge in [0, 0.05) is 36.6 Å². The molecule has 1 atom stereocenters. The predicted molar refractivity (Wildman–Crippen MR) is 134 cm³/mol. The van der Waals surface area contributed by atoms with Crippen LogP contribution in [0.4, 0.5) is 0 Å². The lowest BCUT2D eigenvalue weighted by molar-refractivity contribution is -0.140. The van der Waals surface area contributed by atoms with Gasteiger partial charge in [0.2, 0.25) is 11.8 Å². The minimum atomic E-state index is -1.06. The zero-order valence-electron chi connectivity index (χ0n) is 20.1. The van der Waals surface area contributed by atoms with Gasteiger partial charge in [-0.15, -0.1) is 0 Å². The number of hydrogen-bond donors (Lipinski definition) is 3. The van der Waals surface area contributed by atoms with E-state index in [1.807, 2.05) is 35.4 Å². The fourth-order valence-corrected chi connectivity index (χ4v) is 5.74. The molecule has 1 aromatic heterocycles. The quantitative estimate of drug-likeness (QED) is 0.548. The van der Waals surface area contributed by atoms with Gasteiger partial charge < -0.3 is 20.9 Å². The van der Waals surface area contributed by atoms with Crippen molar-refractivity contribution in [2.75, 3.05) is 13.1 Å². The maximum absolute atomic E-state index is 13.9. The zero-order chi connectivity index (χ0) is 23.9. The van der Waals surface area contributed by atoms with E-state index >= 15 is 0 Å². The molecule has 6 heteroatoms. The van der Waals surface area contributed by atoms with Crippen LogP contribution >= 0.6 is 0 Å². The Morgan fingerprint density at radius 1 is 1.12 bits per heavy atom. The Morgan fingerprint density at radius 2 is 1.79 bits per heavy atom. The molecule has 0 radical (unpaired) electrons. The maximum Gasteiger partial charge on any atom is 0.245 e. The summed E-state index contributed by atoms with van der Waals surface area (Å²) in [7, 11) is 0. The van der Waals surface area contributed by atoms with Crippen LogP contribution in [-0.4, -0.2) is 46.4 Å². The smallest absolute Gasteiger partial charge is 0.245 e. The van der Waals surface area contributed by atoms with Crippen LogP contribution in [0.25, 0.3) is 10.9 Å². The highest BCUT2D eigenvalue weighted by Gasteiger charge is 2.43. The number of aromatic amines is 1. The van der Waals surface area contributed by atoms with E-state index in [0.29, 0.717) is 6.42 Å². The van der Waals surface area contributed by atoms with Crippen molar-refractivity contribution < 1.29 is 9.59 Å². The summed E-state index contributed by atoms with van der Waals surface area (Å²) < 4.78 is 0. The molecule has 34 heavy (non-hydrogen) atoms. The van der Waals surface area contributed by atoms with Crippen LogP contribution in [0.1, 0.15) is 43.4 Å². The predicted octanol–water partition coefficient (Wildman–Crippen LogP) is 3.34. The molecule has 1 aliphatic carbocycles. The van der Waals surface area contributed by atoms with Crippen LogP contribution < -0.4 is 11.1 Å². The Bertz CT molecular complexity index is 1200. The van der Waals surface area contributed by atoms with Gasteiger partial charge in [-0.3, -0.25) is 9.59 Å². The van der Waals surface area contributed by atoms with E-state index in [1.54, 1.807) is 13.8 Å². The largest absolute Gasteiger partial charge is 0.361 e. The van der Waals surface area contributed by atoms with Crippen LogP contribution in [0.5, 0.6) is 0 Å². The van der Waals surface area contributed by atoms with Gasteiger partial charge in [0.1, 0.15) is 6.04 Å². The highest BCUT2D eigenvalue weighted by Crippen LogP contribution is 2.43. The van der Waals surface area contributed by atoms with Crippen LogP contribution in [0.2, 0.25) is 0 Å². The minimum absolute atomic E-state index is 0.0158. The Morgan fingerprint density at radius 3 is 2.50 bits per heavy atom. The van der Waals surface area contributed by atoms with Crippen molar-refractivity contribution in [1.29, 1.82) is 0 Å². The number of hydrogen-bond acceptors (Lipinski definition) is 3. The summed E-state index contributed by atoms with van der Waals surface area (Å²) in [5.41, 5.74) is 9.96. The lowest BCUT2D eigenvalue weighted by Gasteiger charge is -2.42. The molecule has 0 unspecified atom stereocenters. The van der Waals surface area contributed by atoms with E-state index in [0.717, 1.165) is 55.2 Å². The molecule has 4 N–H and O–H groups in total. The Labute approximate surface area is 200 Å². The minimum Gasteiger partial charge on any atom is -0.361 e. The average Bonchev–Trinajstić information content (AvgIpc) is 3.38. The van der Waals surface area contributed by atoms with Gasteiger partial charge in [0.05, 0.1) is 5.54 Å². The van der Waals surface area contributed by atoms with E-state index < -0.39 is 11.6 Å². The fourth-order valence-electron chi connectivity index (χ4n) is 5.74. The number of likely N-dealkylation sites (tertiary alicyclic amines) is 1. The number of piperidine rings is 1. The van der Waals surface area contributed by atoms with Crippen molar-refractivity contribution in [3.63, 3.8) is 0 Å². The third kappa shape index (κ3) is 4.34. The average molecular weight is 459 g/mol. The normalized spacial score (nSPS) is 18.1. The molecule has 178 valence electrons. The molecule has 2 aromatic carbocycles. The van der Waals surface area contributed by atoms with Crippen molar-refractivity contribution in [1.82, 2.24) is 15.2 Å². The highest BCUT2D eigenvalue weighted by atomic mass is 16.2. The standard InChI is InChI=1S/C28H34N4O2/c1-27(2,29)26(34)31-24(14-21-17-30-23-11-6-5-10-22(21)23)25(33)32-13-7-12-28(18-32)15-19-8-3-4-9-20(19)16-28/h3-6,8-11,17,24,30H,7,12-16,18,29H2,1-2H3,(H,31,34)/t24-/m1/s1. The summed E-state index contributed by atoms with van der Waals surface area (Å²) in [6, 6.07) is 16.0. The van der Waals surface area contributed by atoms with Gasteiger partial charge in [-0.25, -0.2) is 0 Å². The molecule has 1 saturated heterocycles. The first-order chi connectivity index (χ1) is 16.2. The summed E-state index contributed by atoms with van der Waals surface area (Å²) in [6.07, 6.45) is 6.51. The molecule has 5 rings (SSSR count). The monoisotopic (exact) mass is 458 g/mol. The van der Waals surface area contributed by atoms with Crippen molar-refractivity contribution in [2.45, 2.75) is 57.5 Å². The zero-order valence-corrected chi connectivity index (χ0v) is 20.1. The van der Waals surface area contributed by atoms with Crippen LogP contribution in [0.3, 0.4) is 0 Å². The second kappa shape index (κ2) is 8.58. The highest BCUT2D eigenvalue weighted by molar-refractivity contribution is 5.92. The summed E-state index contributed by atoms with van der Waals surface area (Å²) in [5, 5.41) is 4.06. The van der Waals surface area contributed by atoms with Gasteiger partial charge in [-0.05, 0) is 67.7 Å².